The van der Waals surface area contributed by atoms with Crippen LogP contribution in [0.5, 0.6) is 5.75 Å². The van der Waals surface area contributed by atoms with Gasteiger partial charge in [-0.15, -0.1) is 0 Å². The molecule has 3 aromatic carbocycles. The number of ether oxygens (including phenoxy) is 1. The van der Waals surface area contributed by atoms with Crippen LogP contribution in [-0.2, 0) is 9.59 Å². The van der Waals surface area contributed by atoms with E-state index in [9.17, 15) is 9.59 Å². The SMILES string of the molecule is Cc1ccc(NC(=O)C(=Cc2ccccc2OCC#N)C(=O)Nc2ccc(C)cc2)cc1. The molecule has 3 aromatic rings. The summed E-state index contributed by atoms with van der Waals surface area (Å²) >= 11 is 0. The molecule has 0 fully saturated rings. The molecular weight excluding hydrogens is 402 g/mol. The number of hydrogen-bond donors (Lipinski definition) is 2. The van der Waals surface area contributed by atoms with Crippen molar-refractivity contribution >= 4 is 29.3 Å². The smallest absolute Gasteiger partial charge is 0.261 e. The summed E-state index contributed by atoms with van der Waals surface area (Å²) in [5.41, 5.74) is 3.67. The number of carbonyl (C=O) groups is 2. The number of benzene rings is 3. The third kappa shape index (κ3) is 6.07. The topological polar surface area (TPSA) is 91.2 Å². The molecular formula is C26H23N3O3. The Morgan fingerprint density at radius 3 is 1.84 bits per heavy atom. The second-order valence-electron chi connectivity index (χ2n) is 7.18. The first-order chi connectivity index (χ1) is 15.5. The molecule has 0 spiro atoms. The van der Waals surface area contributed by atoms with Gasteiger partial charge in [0.25, 0.3) is 11.8 Å². The lowest BCUT2D eigenvalue weighted by Gasteiger charge is -2.12. The molecule has 0 unspecified atom stereocenters. The van der Waals surface area contributed by atoms with Gasteiger partial charge in [-0.3, -0.25) is 9.59 Å². The van der Waals surface area contributed by atoms with Gasteiger partial charge in [-0.2, -0.15) is 5.26 Å². The maximum absolute atomic E-state index is 13.1. The second kappa shape index (κ2) is 10.6. The van der Waals surface area contributed by atoms with Crippen LogP contribution in [0.3, 0.4) is 0 Å². The molecule has 6 nitrogen and oxygen atoms in total. The summed E-state index contributed by atoms with van der Waals surface area (Å²) in [7, 11) is 0. The van der Waals surface area contributed by atoms with E-state index in [1.54, 1.807) is 48.5 Å². The fourth-order valence-electron chi connectivity index (χ4n) is 2.90. The Morgan fingerprint density at radius 1 is 0.844 bits per heavy atom. The molecule has 32 heavy (non-hydrogen) atoms. The van der Waals surface area contributed by atoms with E-state index in [4.69, 9.17) is 10.00 Å². The number of carbonyl (C=O) groups excluding carboxylic acids is 2. The van der Waals surface area contributed by atoms with E-state index in [-0.39, 0.29) is 12.2 Å². The number of nitrogens with one attached hydrogen (secondary N) is 2. The highest BCUT2D eigenvalue weighted by Gasteiger charge is 2.20. The van der Waals surface area contributed by atoms with Crippen molar-refractivity contribution in [2.75, 3.05) is 17.2 Å². The van der Waals surface area contributed by atoms with Gasteiger partial charge in [0.2, 0.25) is 0 Å². The van der Waals surface area contributed by atoms with Gasteiger partial charge in [-0.1, -0.05) is 53.6 Å². The molecule has 0 radical (unpaired) electrons. The number of aryl methyl sites for hydroxylation is 2. The van der Waals surface area contributed by atoms with Crippen LogP contribution in [0.4, 0.5) is 11.4 Å². The van der Waals surface area contributed by atoms with Crippen LogP contribution in [0, 0.1) is 25.2 Å². The summed E-state index contributed by atoms with van der Waals surface area (Å²) in [6.45, 7) is 3.75. The highest BCUT2D eigenvalue weighted by Crippen LogP contribution is 2.23. The predicted octanol–water partition coefficient (Wildman–Crippen LogP) is 4.87. The van der Waals surface area contributed by atoms with Crippen molar-refractivity contribution in [3.63, 3.8) is 0 Å². The number of nitriles is 1. The molecule has 0 saturated heterocycles. The van der Waals surface area contributed by atoms with Gasteiger partial charge in [0.05, 0.1) is 0 Å². The monoisotopic (exact) mass is 425 g/mol. The molecule has 3 rings (SSSR count). The molecule has 0 aromatic heterocycles. The van der Waals surface area contributed by atoms with E-state index in [2.05, 4.69) is 10.6 Å². The van der Waals surface area contributed by atoms with Gasteiger partial charge >= 0.3 is 0 Å². The largest absolute Gasteiger partial charge is 0.478 e. The Hall–Kier alpha value is -4.37. The average Bonchev–Trinajstić information content (AvgIpc) is 2.79. The van der Waals surface area contributed by atoms with E-state index in [0.717, 1.165) is 11.1 Å². The van der Waals surface area contributed by atoms with Crippen molar-refractivity contribution in [3.05, 3.63) is 95.1 Å². The highest BCUT2D eigenvalue weighted by atomic mass is 16.5. The first kappa shape index (κ1) is 22.3. The van der Waals surface area contributed by atoms with Crippen LogP contribution in [-0.4, -0.2) is 18.4 Å². The Labute approximate surface area is 187 Å². The summed E-state index contributed by atoms with van der Waals surface area (Å²) in [4.78, 5) is 26.2. The zero-order valence-electron chi connectivity index (χ0n) is 17.9. The second-order valence-corrected chi connectivity index (χ2v) is 7.18. The van der Waals surface area contributed by atoms with E-state index < -0.39 is 11.8 Å². The van der Waals surface area contributed by atoms with Crippen LogP contribution >= 0.6 is 0 Å². The van der Waals surface area contributed by atoms with Gasteiger partial charge in [-0.25, -0.2) is 0 Å². The first-order valence-corrected chi connectivity index (χ1v) is 10.0. The number of hydrogen-bond acceptors (Lipinski definition) is 4. The van der Waals surface area contributed by atoms with E-state index in [1.807, 2.05) is 44.2 Å². The van der Waals surface area contributed by atoms with Crippen LogP contribution in [0.25, 0.3) is 6.08 Å². The summed E-state index contributed by atoms with van der Waals surface area (Å²) in [6, 6.07) is 23.4. The molecule has 0 heterocycles. The van der Waals surface area contributed by atoms with Crippen LogP contribution < -0.4 is 15.4 Å². The Morgan fingerprint density at radius 2 is 1.34 bits per heavy atom. The molecule has 6 heteroatoms. The number of para-hydroxylation sites is 1. The van der Waals surface area contributed by atoms with E-state index in [1.165, 1.54) is 6.08 Å². The Bertz CT molecular complexity index is 1110. The Kier molecular flexibility index (Phi) is 7.39. The van der Waals surface area contributed by atoms with Crippen molar-refractivity contribution in [3.8, 4) is 11.8 Å². The van der Waals surface area contributed by atoms with Crippen molar-refractivity contribution < 1.29 is 14.3 Å². The molecule has 0 saturated carbocycles. The van der Waals surface area contributed by atoms with E-state index in [0.29, 0.717) is 22.7 Å². The maximum Gasteiger partial charge on any atom is 0.261 e. The summed E-state index contributed by atoms with van der Waals surface area (Å²) in [5.74, 6) is -0.722. The lowest BCUT2D eigenvalue weighted by molar-refractivity contribution is -0.118. The molecule has 0 atom stereocenters. The lowest BCUT2D eigenvalue weighted by atomic mass is 10.1. The number of anilines is 2. The maximum atomic E-state index is 13.1. The molecule has 0 bridgehead atoms. The highest BCUT2D eigenvalue weighted by molar-refractivity contribution is 6.28. The Balaban J connectivity index is 1.94. The quantitative estimate of drug-likeness (QED) is 0.321. The predicted molar refractivity (Wildman–Crippen MR) is 125 cm³/mol. The number of nitrogens with zero attached hydrogens (tertiary/aromatic N) is 1. The third-order valence-corrected chi connectivity index (χ3v) is 4.62. The van der Waals surface area contributed by atoms with Gasteiger partial charge < -0.3 is 15.4 Å². The molecule has 2 N–H and O–H groups in total. The summed E-state index contributed by atoms with van der Waals surface area (Å²) in [5, 5.41) is 14.4. The van der Waals surface area contributed by atoms with Crippen molar-refractivity contribution in [1.29, 1.82) is 5.26 Å². The van der Waals surface area contributed by atoms with Crippen LogP contribution in [0.1, 0.15) is 16.7 Å². The number of amides is 2. The number of rotatable bonds is 7. The van der Waals surface area contributed by atoms with Gasteiger partial charge in [0.15, 0.2) is 6.61 Å². The van der Waals surface area contributed by atoms with Crippen LogP contribution in [0.15, 0.2) is 78.4 Å². The zero-order valence-corrected chi connectivity index (χ0v) is 17.9. The van der Waals surface area contributed by atoms with Crippen molar-refractivity contribution in [2.24, 2.45) is 0 Å². The third-order valence-electron chi connectivity index (χ3n) is 4.62. The zero-order chi connectivity index (χ0) is 22.9. The van der Waals surface area contributed by atoms with Crippen LogP contribution in [0.2, 0.25) is 0 Å². The van der Waals surface area contributed by atoms with E-state index >= 15 is 0 Å². The van der Waals surface area contributed by atoms with Crippen molar-refractivity contribution in [1.82, 2.24) is 0 Å². The minimum absolute atomic E-state index is 0.0980. The molecule has 0 aliphatic rings. The standard InChI is InChI=1S/C26H23N3O3/c1-18-7-11-21(12-8-18)28-25(30)23(26(31)29-22-13-9-19(2)10-14-22)17-20-5-3-4-6-24(20)32-16-15-27/h3-14,17H,16H2,1-2H3,(H,28,30)(H,29,31). The van der Waals surface area contributed by atoms with Gasteiger partial charge in [0.1, 0.15) is 17.4 Å². The van der Waals surface area contributed by atoms with Gasteiger partial charge in [-0.05, 0) is 50.3 Å². The molecule has 0 aliphatic carbocycles. The molecule has 2 amide bonds. The molecule has 160 valence electrons. The normalized spacial score (nSPS) is 9.91. The molecule has 0 aliphatic heterocycles. The fraction of sp³-hybridized carbons (Fsp3) is 0.115. The lowest BCUT2D eigenvalue weighted by Crippen LogP contribution is -2.25. The minimum atomic E-state index is -0.562. The summed E-state index contributed by atoms with van der Waals surface area (Å²) in [6.07, 6.45) is 1.46. The average molecular weight is 425 g/mol. The summed E-state index contributed by atoms with van der Waals surface area (Å²) < 4.78 is 5.44. The minimum Gasteiger partial charge on any atom is -0.478 e. The first-order valence-electron chi connectivity index (χ1n) is 10.0. The van der Waals surface area contributed by atoms with Gasteiger partial charge in [0, 0.05) is 16.9 Å². The fourth-order valence-corrected chi connectivity index (χ4v) is 2.90. The van der Waals surface area contributed by atoms with Crippen molar-refractivity contribution in [2.45, 2.75) is 13.8 Å².